The smallest absolute Gasteiger partial charge is 0.303 e. The van der Waals surface area contributed by atoms with Crippen molar-refractivity contribution in [2.75, 3.05) is 0 Å². The number of fused-ring (bicyclic) bond motifs is 2. The fourth-order valence-electron chi connectivity index (χ4n) is 4.45. The number of hydrogen-bond acceptors (Lipinski definition) is 1. The topological polar surface area (TPSA) is 37.3 Å². The van der Waals surface area contributed by atoms with Crippen LogP contribution in [-0.2, 0) is 17.6 Å². The third-order valence-electron chi connectivity index (χ3n) is 6.20. The molecule has 0 bridgehead atoms. The highest BCUT2D eigenvalue weighted by atomic mass is 16.4. The predicted molar refractivity (Wildman–Crippen MR) is 128 cm³/mol. The lowest BCUT2D eigenvalue weighted by Gasteiger charge is -2.13. The Bertz CT molecular complexity index is 957. The van der Waals surface area contributed by atoms with Crippen LogP contribution in [0.5, 0.6) is 0 Å². The van der Waals surface area contributed by atoms with Gasteiger partial charge in [-0.2, -0.15) is 0 Å². The first-order valence-electron chi connectivity index (χ1n) is 11.8. The summed E-state index contributed by atoms with van der Waals surface area (Å²) in [6, 6.07) is 18.2. The molecule has 30 heavy (non-hydrogen) atoms. The molecule has 0 saturated heterocycles. The van der Waals surface area contributed by atoms with Crippen LogP contribution in [0.3, 0.4) is 0 Å². The third kappa shape index (κ3) is 6.32. The average Bonchev–Trinajstić information content (AvgIpc) is 2.75. The summed E-state index contributed by atoms with van der Waals surface area (Å²) in [4.78, 5) is 10.6. The summed E-state index contributed by atoms with van der Waals surface area (Å²) in [7, 11) is 0. The first-order valence-corrected chi connectivity index (χ1v) is 11.8. The van der Waals surface area contributed by atoms with Crippen molar-refractivity contribution in [3.63, 3.8) is 0 Å². The molecule has 0 atom stereocenters. The summed E-state index contributed by atoms with van der Waals surface area (Å²) >= 11 is 0. The minimum atomic E-state index is -0.677. The van der Waals surface area contributed by atoms with E-state index in [1.165, 1.54) is 77.6 Å². The number of hydrogen-bond donors (Lipinski definition) is 1. The Morgan fingerprint density at radius 2 is 1.20 bits per heavy atom. The van der Waals surface area contributed by atoms with Gasteiger partial charge in [0.15, 0.2) is 0 Å². The molecule has 2 nitrogen and oxygen atoms in total. The number of unbranched alkanes of at least 4 members (excludes halogenated alkanes) is 7. The van der Waals surface area contributed by atoms with Gasteiger partial charge in [0.2, 0.25) is 0 Å². The zero-order chi connectivity index (χ0) is 21.2. The van der Waals surface area contributed by atoms with Gasteiger partial charge in [-0.05, 0) is 76.9 Å². The van der Waals surface area contributed by atoms with E-state index in [-0.39, 0.29) is 0 Å². The number of rotatable bonds is 13. The number of benzene rings is 3. The molecule has 0 aliphatic carbocycles. The molecular weight excluding hydrogens is 368 g/mol. The number of carboxylic acids is 1. The van der Waals surface area contributed by atoms with E-state index in [9.17, 15) is 4.79 Å². The molecule has 0 fully saturated rings. The maximum atomic E-state index is 10.6. The van der Waals surface area contributed by atoms with E-state index < -0.39 is 5.97 Å². The first-order chi connectivity index (χ1) is 14.7. The standard InChI is InChI=1S/C28H36O2/c1-2-3-4-8-13-22-18-19-23(14-9-6-5-7-10-17-28(29)30)27-21-25-16-12-11-15-24(25)20-26(22)27/h11-12,15-16,18-21H,2-10,13-14,17H2,1H3,(H,29,30). The van der Waals surface area contributed by atoms with E-state index in [0.29, 0.717) is 6.42 Å². The molecule has 0 heterocycles. The van der Waals surface area contributed by atoms with Crippen molar-refractivity contribution in [1.29, 1.82) is 0 Å². The van der Waals surface area contributed by atoms with Crippen molar-refractivity contribution in [2.45, 2.75) is 84.0 Å². The van der Waals surface area contributed by atoms with Crippen LogP contribution in [0.1, 0.15) is 82.3 Å². The molecule has 0 amide bonds. The van der Waals surface area contributed by atoms with Crippen LogP contribution in [0.4, 0.5) is 0 Å². The van der Waals surface area contributed by atoms with E-state index in [1.54, 1.807) is 0 Å². The molecular formula is C28H36O2. The second-order valence-corrected chi connectivity index (χ2v) is 8.60. The van der Waals surface area contributed by atoms with E-state index >= 15 is 0 Å². The van der Waals surface area contributed by atoms with Crippen molar-refractivity contribution in [3.05, 3.63) is 59.7 Å². The van der Waals surface area contributed by atoms with Crippen molar-refractivity contribution in [3.8, 4) is 0 Å². The Hall–Kier alpha value is -2.35. The lowest BCUT2D eigenvalue weighted by molar-refractivity contribution is -0.137. The molecule has 0 spiro atoms. The zero-order valence-electron chi connectivity index (χ0n) is 18.5. The number of aryl methyl sites for hydroxylation is 2. The Morgan fingerprint density at radius 1 is 0.700 bits per heavy atom. The predicted octanol–water partition coefficient (Wildman–Crippen LogP) is 8.08. The maximum Gasteiger partial charge on any atom is 0.303 e. The molecule has 0 unspecified atom stereocenters. The van der Waals surface area contributed by atoms with Gasteiger partial charge in [-0.25, -0.2) is 0 Å². The summed E-state index contributed by atoms with van der Waals surface area (Å²) in [5.74, 6) is -0.677. The molecule has 3 rings (SSSR count). The largest absolute Gasteiger partial charge is 0.481 e. The zero-order valence-corrected chi connectivity index (χ0v) is 18.5. The fraction of sp³-hybridized carbons (Fsp3) is 0.464. The average molecular weight is 405 g/mol. The molecule has 160 valence electrons. The molecule has 2 heteroatoms. The monoisotopic (exact) mass is 404 g/mol. The molecule has 3 aromatic carbocycles. The van der Waals surface area contributed by atoms with E-state index in [2.05, 4.69) is 55.5 Å². The van der Waals surface area contributed by atoms with Crippen molar-refractivity contribution in [2.24, 2.45) is 0 Å². The number of carbonyl (C=O) groups is 1. The van der Waals surface area contributed by atoms with Crippen molar-refractivity contribution < 1.29 is 9.90 Å². The van der Waals surface area contributed by atoms with Crippen LogP contribution in [-0.4, -0.2) is 11.1 Å². The van der Waals surface area contributed by atoms with Crippen LogP contribution in [0.25, 0.3) is 21.5 Å². The molecule has 0 aliphatic rings. The lowest BCUT2D eigenvalue weighted by atomic mass is 9.91. The summed E-state index contributed by atoms with van der Waals surface area (Å²) in [5, 5.41) is 14.3. The van der Waals surface area contributed by atoms with E-state index in [4.69, 9.17) is 5.11 Å². The summed E-state index contributed by atoms with van der Waals surface area (Å²) in [6.45, 7) is 2.27. The highest BCUT2D eigenvalue weighted by molar-refractivity contribution is 6.01. The van der Waals surface area contributed by atoms with E-state index in [1.807, 2.05) is 0 Å². The maximum absolute atomic E-state index is 10.6. The van der Waals surface area contributed by atoms with Crippen LogP contribution in [0.2, 0.25) is 0 Å². The highest BCUT2D eigenvalue weighted by Gasteiger charge is 2.08. The Balaban J connectivity index is 1.72. The second kappa shape index (κ2) is 11.7. The quantitative estimate of drug-likeness (QED) is 0.231. The lowest BCUT2D eigenvalue weighted by Crippen LogP contribution is -1.95. The van der Waals surface area contributed by atoms with Gasteiger partial charge in [0, 0.05) is 6.42 Å². The van der Waals surface area contributed by atoms with Gasteiger partial charge in [-0.3, -0.25) is 4.79 Å². The Morgan fingerprint density at radius 3 is 1.73 bits per heavy atom. The minimum Gasteiger partial charge on any atom is -0.481 e. The number of aliphatic carboxylic acids is 1. The first kappa shape index (κ1) is 22.3. The molecule has 0 radical (unpaired) electrons. The summed E-state index contributed by atoms with van der Waals surface area (Å²) in [6.07, 6.45) is 13.1. The molecule has 0 aromatic heterocycles. The Labute approximate surface area is 181 Å². The minimum absolute atomic E-state index is 0.303. The second-order valence-electron chi connectivity index (χ2n) is 8.60. The van der Waals surface area contributed by atoms with Gasteiger partial charge in [0.25, 0.3) is 0 Å². The summed E-state index contributed by atoms with van der Waals surface area (Å²) < 4.78 is 0. The normalized spacial score (nSPS) is 11.4. The highest BCUT2D eigenvalue weighted by Crippen LogP contribution is 2.30. The van der Waals surface area contributed by atoms with Gasteiger partial charge >= 0.3 is 5.97 Å². The van der Waals surface area contributed by atoms with E-state index in [0.717, 1.165) is 25.7 Å². The van der Waals surface area contributed by atoms with Gasteiger partial charge in [-0.15, -0.1) is 0 Å². The molecule has 1 N–H and O–H groups in total. The Kier molecular flexibility index (Phi) is 8.74. The number of carboxylic acid groups (broad SMARTS) is 1. The molecule has 0 saturated carbocycles. The van der Waals surface area contributed by atoms with Gasteiger partial charge in [-0.1, -0.05) is 81.8 Å². The molecule has 3 aromatic rings. The van der Waals surface area contributed by atoms with Crippen LogP contribution < -0.4 is 0 Å². The SMILES string of the molecule is CCCCCCc1ccc(CCCCCCCC(=O)O)c2cc3ccccc3cc12. The molecule has 0 aliphatic heterocycles. The van der Waals surface area contributed by atoms with Gasteiger partial charge in [0.05, 0.1) is 0 Å². The van der Waals surface area contributed by atoms with Crippen LogP contribution >= 0.6 is 0 Å². The fourth-order valence-corrected chi connectivity index (χ4v) is 4.45. The van der Waals surface area contributed by atoms with Crippen molar-refractivity contribution >= 4 is 27.5 Å². The van der Waals surface area contributed by atoms with Crippen LogP contribution in [0, 0.1) is 0 Å². The van der Waals surface area contributed by atoms with Gasteiger partial charge in [0.1, 0.15) is 0 Å². The third-order valence-corrected chi connectivity index (χ3v) is 6.20. The van der Waals surface area contributed by atoms with Crippen LogP contribution in [0.15, 0.2) is 48.5 Å². The summed E-state index contributed by atoms with van der Waals surface area (Å²) in [5.41, 5.74) is 2.95. The van der Waals surface area contributed by atoms with Gasteiger partial charge < -0.3 is 5.11 Å². The van der Waals surface area contributed by atoms with Crippen molar-refractivity contribution in [1.82, 2.24) is 0 Å².